The molecular formula is C5H6Cl2O. The Bertz CT molecular complexity index is 122. The molecule has 0 aliphatic rings. The van der Waals surface area contributed by atoms with Crippen LogP contribution in [0.5, 0.6) is 0 Å². The predicted molar refractivity (Wildman–Crippen MR) is 36.2 cm³/mol. The Morgan fingerprint density at radius 3 is 2.12 bits per heavy atom. The number of aliphatic hydroxyl groups excluding tert-OH is 1. The maximum Gasteiger partial charge on any atom is 0.148 e. The van der Waals surface area contributed by atoms with E-state index >= 15 is 0 Å². The first-order valence-corrected chi connectivity index (χ1v) is 2.81. The highest BCUT2D eigenvalue weighted by atomic mass is 35.5. The van der Waals surface area contributed by atoms with Gasteiger partial charge in [0.15, 0.2) is 0 Å². The molecule has 1 nitrogen and oxygen atoms in total. The molecule has 0 aliphatic carbocycles. The van der Waals surface area contributed by atoms with Gasteiger partial charge in [-0.05, 0) is 13.0 Å². The third kappa shape index (κ3) is 2.94. The summed E-state index contributed by atoms with van der Waals surface area (Å²) in [6, 6.07) is 0. The molecule has 1 N–H and O–H groups in total. The molecule has 3 heteroatoms. The van der Waals surface area contributed by atoms with Crippen LogP contribution in [0.2, 0.25) is 0 Å². The third-order valence-electron chi connectivity index (χ3n) is 0.518. The molecule has 0 saturated carbocycles. The lowest BCUT2D eigenvalue weighted by Gasteiger charge is -1.86. The Morgan fingerprint density at radius 2 is 2.00 bits per heavy atom. The summed E-state index contributed by atoms with van der Waals surface area (Å²) in [6.07, 6.45) is 3.05. The molecule has 8 heavy (non-hydrogen) atoms. The van der Waals surface area contributed by atoms with Crippen molar-refractivity contribution in [3.05, 3.63) is 22.4 Å². The minimum absolute atomic E-state index is 0.101. The molecule has 46 valence electrons. The number of aliphatic hydroxyl groups is 1. The number of allylic oxidation sites excluding steroid dienone is 2. The second kappa shape index (κ2) is 3.81. The lowest BCUT2D eigenvalue weighted by atomic mass is 10.5. The van der Waals surface area contributed by atoms with Crippen LogP contribution in [0.3, 0.4) is 0 Å². The summed E-state index contributed by atoms with van der Waals surface area (Å²) in [4.78, 5) is 0. The molecule has 0 spiro atoms. The van der Waals surface area contributed by atoms with Crippen LogP contribution in [0, 0.1) is 0 Å². The minimum Gasteiger partial charge on any atom is -0.505 e. The molecular weight excluding hydrogens is 147 g/mol. The Kier molecular flexibility index (Phi) is 3.75. The molecule has 0 atom stereocenters. The predicted octanol–water partition coefficient (Wildman–Crippen LogP) is 2.77. The van der Waals surface area contributed by atoms with Crippen molar-refractivity contribution in [3.63, 3.8) is 0 Å². The summed E-state index contributed by atoms with van der Waals surface area (Å²) in [5.74, 6) is -0.101. The van der Waals surface area contributed by atoms with Crippen molar-refractivity contribution in [1.82, 2.24) is 0 Å². The molecule has 0 aromatic carbocycles. The summed E-state index contributed by atoms with van der Waals surface area (Å²) >= 11 is 10.3. The van der Waals surface area contributed by atoms with Gasteiger partial charge in [-0.1, -0.05) is 29.3 Å². The van der Waals surface area contributed by atoms with Crippen molar-refractivity contribution in [3.8, 4) is 0 Å². The molecule has 0 heterocycles. The van der Waals surface area contributed by atoms with Crippen LogP contribution < -0.4 is 0 Å². The van der Waals surface area contributed by atoms with Gasteiger partial charge in [0.2, 0.25) is 0 Å². The van der Waals surface area contributed by atoms with Gasteiger partial charge in [0.1, 0.15) is 10.3 Å². The van der Waals surface area contributed by atoms with Crippen LogP contribution in [-0.4, -0.2) is 5.11 Å². The molecule has 0 aromatic rings. The fraction of sp³-hybridized carbons (Fsp3) is 0.200. The van der Waals surface area contributed by atoms with E-state index in [-0.39, 0.29) is 10.3 Å². The fourth-order valence-electron chi connectivity index (χ4n) is 0.221. The minimum atomic E-state index is -0.108. The fourth-order valence-corrected chi connectivity index (χ4v) is 0.347. The molecule has 0 fully saturated rings. The Hall–Kier alpha value is -0.140. The Balaban J connectivity index is 4.00. The van der Waals surface area contributed by atoms with Crippen LogP contribution in [0.15, 0.2) is 22.4 Å². The molecule has 0 amide bonds. The van der Waals surface area contributed by atoms with E-state index in [0.717, 1.165) is 0 Å². The van der Waals surface area contributed by atoms with Gasteiger partial charge in [-0.2, -0.15) is 0 Å². The van der Waals surface area contributed by atoms with Crippen molar-refractivity contribution >= 4 is 23.2 Å². The van der Waals surface area contributed by atoms with E-state index in [1.165, 1.54) is 6.08 Å². The third-order valence-corrected chi connectivity index (χ3v) is 0.905. The van der Waals surface area contributed by atoms with Gasteiger partial charge in [0, 0.05) is 0 Å². The van der Waals surface area contributed by atoms with Gasteiger partial charge in [0.25, 0.3) is 0 Å². The normalized spacial score (nSPS) is 9.88. The van der Waals surface area contributed by atoms with Crippen molar-refractivity contribution in [1.29, 1.82) is 0 Å². The highest BCUT2D eigenvalue weighted by Gasteiger charge is 1.89. The summed E-state index contributed by atoms with van der Waals surface area (Å²) in [6.45, 7) is 1.76. The van der Waals surface area contributed by atoms with E-state index in [1.807, 2.05) is 0 Å². The standard InChI is InChI=1S/C5H6Cl2O/c1-2-3-4(8)5(6)7/h2-3,8H,1H3. The van der Waals surface area contributed by atoms with E-state index in [1.54, 1.807) is 13.0 Å². The summed E-state index contributed by atoms with van der Waals surface area (Å²) < 4.78 is -0.108. The first-order valence-electron chi connectivity index (χ1n) is 2.05. The first-order chi connectivity index (χ1) is 3.68. The maximum atomic E-state index is 8.66. The summed E-state index contributed by atoms with van der Waals surface area (Å²) in [7, 11) is 0. The highest BCUT2D eigenvalue weighted by Crippen LogP contribution is 2.11. The van der Waals surface area contributed by atoms with Crippen LogP contribution in [0.1, 0.15) is 6.92 Å². The lowest BCUT2D eigenvalue weighted by molar-refractivity contribution is 0.432. The zero-order valence-corrected chi connectivity index (χ0v) is 5.87. The average molecular weight is 153 g/mol. The van der Waals surface area contributed by atoms with Crippen LogP contribution in [0.25, 0.3) is 0 Å². The van der Waals surface area contributed by atoms with Gasteiger partial charge in [-0.3, -0.25) is 0 Å². The summed E-state index contributed by atoms with van der Waals surface area (Å²) in [5, 5.41) is 8.66. The maximum absolute atomic E-state index is 8.66. The van der Waals surface area contributed by atoms with Gasteiger partial charge < -0.3 is 5.11 Å². The van der Waals surface area contributed by atoms with E-state index in [2.05, 4.69) is 0 Å². The topological polar surface area (TPSA) is 20.2 Å². The molecule has 0 aliphatic heterocycles. The smallest absolute Gasteiger partial charge is 0.148 e. The van der Waals surface area contributed by atoms with Crippen LogP contribution in [-0.2, 0) is 0 Å². The van der Waals surface area contributed by atoms with Gasteiger partial charge in [0.05, 0.1) is 0 Å². The number of hydrogen-bond acceptors (Lipinski definition) is 1. The molecule has 0 rings (SSSR count). The van der Waals surface area contributed by atoms with E-state index in [9.17, 15) is 0 Å². The second-order valence-electron chi connectivity index (χ2n) is 1.15. The van der Waals surface area contributed by atoms with Crippen molar-refractivity contribution in [2.24, 2.45) is 0 Å². The lowest BCUT2D eigenvalue weighted by Crippen LogP contribution is -1.71. The zero-order chi connectivity index (χ0) is 6.57. The van der Waals surface area contributed by atoms with Gasteiger partial charge in [-0.15, -0.1) is 0 Å². The number of rotatable bonds is 1. The van der Waals surface area contributed by atoms with E-state index < -0.39 is 0 Å². The van der Waals surface area contributed by atoms with Crippen molar-refractivity contribution in [2.45, 2.75) is 6.92 Å². The largest absolute Gasteiger partial charge is 0.505 e. The molecule has 0 unspecified atom stereocenters. The number of hydrogen-bond donors (Lipinski definition) is 1. The van der Waals surface area contributed by atoms with Crippen molar-refractivity contribution in [2.75, 3.05) is 0 Å². The quantitative estimate of drug-likeness (QED) is 0.453. The van der Waals surface area contributed by atoms with Crippen LogP contribution in [0.4, 0.5) is 0 Å². The SMILES string of the molecule is CC=CC(O)=C(Cl)Cl. The summed E-state index contributed by atoms with van der Waals surface area (Å²) in [5.41, 5.74) is 0. The van der Waals surface area contributed by atoms with Crippen molar-refractivity contribution < 1.29 is 5.11 Å². The Morgan fingerprint density at radius 1 is 1.50 bits per heavy atom. The zero-order valence-electron chi connectivity index (χ0n) is 4.36. The molecule has 0 radical (unpaired) electrons. The highest BCUT2D eigenvalue weighted by molar-refractivity contribution is 6.56. The van der Waals surface area contributed by atoms with Crippen LogP contribution >= 0.6 is 23.2 Å². The van der Waals surface area contributed by atoms with Gasteiger partial charge in [-0.25, -0.2) is 0 Å². The molecule has 0 aromatic heterocycles. The Labute approximate surface area is 58.2 Å². The van der Waals surface area contributed by atoms with E-state index in [4.69, 9.17) is 28.3 Å². The second-order valence-corrected chi connectivity index (χ2v) is 2.10. The van der Waals surface area contributed by atoms with Gasteiger partial charge >= 0.3 is 0 Å². The van der Waals surface area contributed by atoms with E-state index in [0.29, 0.717) is 0 Å². The average Bonchev–Trinajstić information content (AvgIpc) is 1.67. The molecule has 0 bridgehead atoms. The monoisotopic (exact) mass is 152 g/mol. The number of halogens is 2. The molecule has 0 saturated heterocycles. The first kappa shape index (κ1) is 7.86.